The van der Waals surface area contributed by atoms with Gasteiger partial charge in [-0.25, -0.2) is 0 Å². The average Bonchev–Trinajstić information content (AvgIpc) is 2.85. The minimum Gasteiger partial charge on any atom is -0.493 e. The molecule has 1 aromatic rings. The summed E-state index contributed by atoms with van der Waals surface area (Å²) in [5.41, 5.74) is 7.18. The van der Waals surface area contributed by atoms with Crippen molar-refractivity contribution in [3.8, 4) is 5.75 Å². The first-order valence-corrected chi connectivity index (χ1v) is 6.74. The smallest absolute Gasteiger partial charge is 0.251 e. The van der Waals surface area contributed by atoms with E-state index in [0.717, 1.165) is 17.7 Å². The van der Waals surface area contributed by atoms with E-state index in [1.54, 1.807) is 6.07 Å². The van der Waals surface area contributed by atoms with Crippen LogP contribution in [0.1, 0.15) is 36.7 Å². The van der Waals surface area contributed by atoms with Gasteiger partial charge in [0.25, 0.3) is 5.91 Å². The van der Waals surface area contributed by atoms with E-state index in [1.165, 1.54) is 0 Å². The zero-order valence-corrected chi connectivity index (χ0v) is 11.8. The summed E-state index contributed by atoms with van der Waals surface area (Å²) in [5.74, 6) is 1.09. The molecule has 0 saturated heterocycles. The Hall–Kier alpha value is -1.55. The normalized spacial score (nSPS) is 16.7. The summed E-state index contributed by atoms with van der Waals surface area (Å²) in [4.78, 5) is 12.3. The molecule has 3 N–H and O–H groups in total. The van der Waals surface area contributed by atoms with Gasteiger partial charge in [0.2, 0.25) is 0 Å². The Bertz CT molecular complexity index is 485. The molecule has 1 amide bonds. The Kier molecular flexibility index (Phi) is 3.80. The third-order valence-corrected chi connectivity index (χ3v) is 4.05. The highest BCUT2D eigenvalue weighted by molar-refractivity contribution is 5.95. The molecule has 0 aliphatic carbocycles. The van der Waals surface area contributed by atoms with Gasteiger partial charge in [0, 0.05) is 18.5 Å². The highest BCUT2D eigenvalue weighted by Crippen LogP contribution is 2.26. The molecule has 1 unspecified atom stereocenters. The molecule has 1 aliphatic heterocycles. The van der Waals surface area contributed by atoms with Crippen LogP contribution in [0.25, 0.3) is 0 Å². The zero-order valence-electron chi connectivity index (χ0n) is 11.8. The number of nitrogens with two attached hydrogens (primary N) is 1. The van der Waals surface area contributed by atoms with Crippen LogP contribution in [-0.4, -0.2) is 24.6 Å². The molecule has 0 spiro atoms. The maximum atomic E-state index is 12.3. The van der Waals surface area contributed by atoms with Crippen molar-refractivity contribution in [1.82, 2.24) is 5.32 Å². The molecule has 104 valence electrons. The van der Waals surface area contributed by atoms with Crippen molar-refractivity contribution in [1.29, 1.82) is 0 Å². The predicted octanol–water partition coefficient (Wildman–Crippen LogP) is 1.72. The maximum absolute atomic E-state index is 12.3. The van der Waals surface area contributed by atoms with Crippen LogP contribution in [-0.2, 0) is 6.42 Å². The van der Waals surface area contributed by atoms with Crippen LogP contribution >= 0.6 is 0 Å². The van der Waals surface area contributed by atoms with Gasteiger partial charge in [-0.05, 0) is 36.6 Å². The van der Waals surface area contributed by atoms with Gasteiger partial charge < -0.3 is 15.8 Å². The summed E-state index contributed by atoms with van der Waals surface area (Å²) in [6.45, 7) is 7.22. The second-order valence-electron chi connectivity index (χ2n) is 5.65. The first-order chi connectivity index (χ1) is 8.96. The van der Waals surface area contributed by atoms with Crippen LogP contribution in [0.2, 0.25) is 0 Å². The van der Waals surface area contributed by atoms with Crippen molar-refractivity contribution in [2.24, 2.45) is 11.7 Å². The molecular weight excluding hydrogens is 240 g/mol. The fraction of sp³-hybridized carbons (Fsp3) is 0.533. The molecule has 1 aromatic carbocycles. The van der Waals surface area contributed by atoms with Crippen molar-refractivity contribution in [2.75, 3.05) is 13.2 Å². The van der Waals surface area contributed by atoms with Gasteiger partial charge in [-0.3, -0.25) is 4.79 Å². The number of amides is 1. The minimum atomic E-state index is -0.382. The van der Waals surface area contributed by atoms with Crippen molar-refractivity contribution < 1.29 is 9.53 Å². The number of hydrogen-bond acceptors (Lipinski definition) is 3. The number of fused-ring (bicyclic) bond motifs is 1. The average molecular weight is 262 g/mol. The topological polar surface area (TPSA) is 64.3 Å². The number of carbonyl (C=O) groups excluding carboxylic acids is 1. The van der Waals surface area contributed by atoms with Crippen LogP contribution in [0.3, 0.4) is 0 Å². The number of hydrogen-bond donors (Lipinski definition) is 2. The van der Waals surface area contributed by atoms with E-state index in [-0.39, 0.29) is 17.4 Å². The molecule has 0 fully saturated rings. The Morgan fingerprint density at radius 3 is 2.89 bits per heavy atom. The molecule has 0 radical (unpaired) electrons. The Labute approximate surface area is 114 Å². The van der Waals surface area contributed by atoms with Crippen molar-refractivity contribution in [2.45, 2.75) is 32.7 Å². The lowest BCUT2D eigenvalue weighted by Gasteiger charge is -2.33. The number of ether oxygens (including phenoxy) is 1. The fourth-order valence-electron chi connectivity index (χ4n) is 2.09. The quantitative estimate of drug-likeness (QED) is 0.868. The maximum Gasteiger partial charge on any atom is 0.251 e. The van der Waals surface area contributed by atoms with E-state index in [4.69, 9.17) is 10.5 Å². The van der Waals surface area contributed by atoms with Crippen LogP contribution in [0.5, 0.6) is 5.75 Å². The van der Waals surface area contributed by atoms with Gasteiger partial charge in [0.15, 0.2) is 0 Å². The lowest BCUT2D eigenvalue weighted by molar-refractivity contribution is 0.0883. The van der Waals surface area contributed by atoms with Crippen LogP contribution in [0.4, 0.5) is 0 Å². The van der Waals surface area contributed by atoms with Crippen molar-refractivity contribution >= 4 is 5.91 Å². The highest BCUT2D eigenvalue weighted by Gasteiger charge is 2.29. The summed E-state index contributed by atoms with van der Waals surface area (Å²) in [7, 11) is 0. The van der Waals surface area contributed by atoms with Gasteiger partial charge in [0.1, 0.15) is 5.75 Å². The van der Waals surface area contributed by atoms with E-state index < -0.39 is 0 Å². The lowest BCUT2D eigenvalue weighted by Crippen LogP contribution is -2.55. The third-order valence-electron chi connectivity index (χ3n) is 4.05. The first kappa shape index (κ1) is 13.9. The Morgan fingerprint density at radius 1 is 1.53 bits per heavy atom. The molecule has 0 saturated carbocycles. The summed E-state index contributed by atoms with van der Waals surface area (Å²) in [5, 5.41) is 3.05. The van der Waals surface area contributed by atoms with E-state index in [0.29, 0.717) is 18.7 Å². The lowest BCUT2D eigenvalue weighted by atomic mass is 9.88. The number of benzene rings is 1. The Morgan fingerprint density at radius 2 is 2.26 bits per heavy atom. The third kappa shape index (κ3) is 2.73. The summed E-state index contributed by atoms with van der Waals surface area (Å²) < 4.78 is 5.44. The standard InChI is InChI=1S/C15H22N2O2/c1-10(2)15(3,9-16)17-14(18)12-4-5-13-11(8-12)6-7-19-13/h4-5,8,10H,6-7,9,16H2,1-3H3,(H,17,18). The van der Waals surface area contributed by atoms with Crippen molar-refractivity contribution in [3.05, 3.63) is 29.3 Å². The van der Waals surface area contributed by atoms with E-state index >= 15 is 0 Å². The number of nitrogens with one attached hydrogen (secondary N) is 1. The monoisotopic (exact) mass is 262 g/mol. The molecule has 2 rings (SSSR count). The van der Waals surface area contributed by atoms with E-state index in [1.807, 2.05) is 19.1 Å². The number of rotatable bonds is 4. The molecule has 4 heteroatoms. The minimum absolute atomic E-state index is 0.0728. The van der Waals surface area contributed by atoms with E-state index in [2.05, 4.69) is 19.2 Å². The molecule has 1 aliphatic rings. The van der Waals surface area contributed by atoms with E-state index in [9.17, 15) is 4.79 Å². The largest absolute Gasteiger partial charge is 0.493 e. The second kappa shape index (κ2) is 5.21. The highest BCUT2D eigenvalue weighted by atomic mass is 16.5. The van der Waals surface area contributed by atoms with Crippen LogP contribution in [0, 0.1) is 5.92 Å². The summed E-state index contributed by atoms with van der Waals surface area (Å²) in [6, 6.07) is 5.58. The van der Waals surface area contributed by atoms with Gasteiger partial charge in [-0.1, -0.05) is 13.8 Å². The summed E-state index contributed by atoms with van der Waals surface area (Å²) in [6.07, 6.45) is 0.870. The van der Waals surface area contributed by atoms with Gasteiger partial charge >= 0.3 is 0 Å². The Balaban J connectivity index is 2.16. The molecule has 1 heterocycles. The van der Waals surface area contributed by atoms with Crippen LogP contribution in [0.15, 0.2) is 18.2 Å². The predicted molar refractivity (Wildman–Crippen MR) is 75.4 cm³/mol. The molecule has 0 aromatic heterocycles. The molecule has 0 bridgehead atoms. The van der Waals surface area contributed by atoms with Gasteiger partial charge in [0.05, 0.1) is 12.1 Å². The first-order valence-electron chi connectivity index (χ1n) is 6.74. The molecule has 4 nitrogen and oxygen atoms in total. The van der Waals surface area contributed by atoms with Crippen LogP contribution < -0.4 is 15.8 Å². The SMILES string of the molecule is CC(C)C(C)(CN)NC(=O)c1ccc2c(c1)CCO2. The van der Waals surface area contributed by atoms with Gasteiger partial charge in [-0.15, -0.1) is 0 Å². The number of carbonyl (C=O) groups is 1. The zero-order chi connectivity index (χ0) is 14.0. The second-order valence-corrected chi connectivity index (χ2v) is 5.65. The molecule has 19 heavy (non-hydrogen) atoms. The fourth-order valence-corrected chi connectivity index (χ4v) is 2.09. The molecule has 1 atom stereocenters. The van der Waals surface area contributed by atoms with Crippen molar-refractivity contribution in [3.63, 3.8) is 0 Å². The molecular formula is C15H22N2O2. The van der Waals surface area contributed by atoms with Gasteiger partial charge in [-0.2, -0.15) is 0 Å². The summed E-state index contributed by atoms with van der Waals surface area (Å²) >= 11 is 0.